The summed E-state index contributed by atoms with van der Waals surface area (Å²) in [4.78, 5) is 15.9. The van der Waals surface area contributed by atoms with Crippen LogP contribution in [0.15, 0.2) is 60.7 Å². The Morgan fingerprint density at radius 3 is 2.55 bits per heavy atom. The van der Waals surface area contributed by atoms with Crippen molar-refractivity contribution < 1.29 is 23.4 Å². The van der Waals surface area contributed by atoms with E-state index in [-0.39, 0.29) is 18.9 Å². The molecular weight excluding hydrogens is 536 g/mol. The number of rotatable bonds is 14. The van der Waals surface area contributed by atoms with Gasteiger partial charge in [-0.15, -0.1) is 0 Å². The molecule has 1 amide bonds. The molecule has 6 nitrogen and oxygen atoms in total. The summed E-state index contributed by atoms with van der Waals surface area (Å²) >= 11 is 0. The number of nitrogens with one attached hydrogen (secondary N) is 2. The van der Waals surface area contributed by atoms with Gasteiger partial charge in [-0.3, -0.25) is 9.69 Å². The SMILES string of the molecule is CCc1cccc(CNC[C@H](O)[C@H](Cc2cc(F)cc(F)c2)NC(=O)c2cc(C)cc(CN3CCC[C@H]3COC)c2)c1. The Hall–Kier alpha value is -3.17. The van der Waals surface area contributed by atoms with Gasteiger partial charge >= 0.3 is 0 Å². The fraction of sp³-hybridized carbons (Fsp3) is 0.441. The smallest absolute Gasteiger partial charge is 0.251 e. The number of benzene rings is 3. The van der Waals surface area contributed by atoms with Crippen LogP contribution in [0.2, 0.25) is 0 Å². The topological polar surface area (TPSA) is 73.8 Å². The Balaban J connectivity index is 1.47. The van der Waals surface area contributed by atoms with E-state index in [9.17, 15) is 18.7 Å². The summed E-state index contributed by atoms with van der Waals surface area (Å²) in [5.41, 5.74) is 5.15. The molecule has 0 saturated carbocycles. The van der Waals surface area contributed by atoms with Crippen LogP contribution in [0.25, 0.3) is 0 Å². The Kier molecular flexibility index (Phi) is 11.6. The minimum absolute atomic E-state index is 0.0692. The normalized spacial score (nSPS) is 16.9. The lowest BCUT2D eigenvalue weighted by atomic mass is 9.99. The predicted molar refractivity (Wildman–Crippen MR) is 161 cm³/mol. The van der Waals surface area contributed by atoms with Crippen LogP contribution < -0.4 is 10.6 Å². The van der Waals surface area contributed by atoms with Gasteiger partial charge in [-0.1, -0.05) is 42.8 Å². The van der Waals surface area contributed by atoms with Gasteiger partial charge in [-0.05, 0) is 85.7 Å². The summed E-state index contributed by atoms with van der Waals surface area (Å²) in [7, 11) is 1.72. The number of hydrogen-bond donors (Lipinski definition) is 3. The summed E-state index contributed by atoms with van der Waals surface area (Å²) in [6.07, 6.45) is 2.20. The molecule has 3 atom stereocenters. The zero-order chi connectivity index (χ0) is 30.1. The molecule has 1 fully saturated rings. The first-order valence-electron chi connectivity index (χ1n) is 14.8. The van der Waals surface area contributed by atoms with Gasteiger partial charge in [0.25, 0.3) is 5.91 Å². The number of amides is 1. The summed E-state index contributed by atoms with van der Waals surface area (Å²) < 4.78 is 33.3. The molecule has 226 valence electrons. The van der Waals surface area contributed by atoms with Crippen LogP contribution in [0, 0.1) is 18.6 Å². The first-order valence-corrected chi connectivity index (χ1v) is 14.8. The third-order valence-corrected chi connectivity index (χ3v) is 7.88. The zero-order valence-corrected chi connectivity index (χ0v) is 24.8. The van der Waals surface area contributed by atoms with Gasteiger partial charge in [0.1, 0.15) is 11.6 Å². The fourth-order valence-corrected chi connectivity index (χ4v) is 5.79. The van der Waals surface area contributed by atoms with Crippen molar-refractivity contribution in [1.82, 2.24) is 15.5 Å². The molecule has 0 aromatic heterocycles. The number of ether oxygens (including phenoxy) is 1. The average Bonchev–Trinajstić information content (AvgIpc) is 3.38. The van der Waals surface area contributed by atoms with Crippen LogP contribution in [0.1, 0.15) is 57.9 Å². The number of hydrogen-bond acceptors (Lipinski definition) is 5. The maximum Gasteiger partial charge on any atom is 0.251 e. The van der Waals surface area contributed by atoms with Crippen LogP contribution >= 0.6 is 0 Å². The highest BCUT2D eigenvalue weighted by Crippen LogP contribution is 2.22. The minimum Gasteiger partial charge on any atom is -0.390 e. The molecule has 0 bridgehead atoms. The van der Waals surface area contributed by atoms with Crippen LogP contribution in [0.3, 0.4) is 0 Å². The highest BCUT2D eigenvalue weighted by molar-refractivity contribution is 5.94. The third kappa shape index (κ3) is 9.16. The predicted octanol–water partition coefficient (Wildman–Crippen LogP) is 4.94. The highest BCUT2D eigenvalue weighted by atomic mass is 19.1. The number of likely N-dealkylation sites (tertiary alicyclic amines) is 1. The van der Waals surface area contributed by atoms with Gasteiger partial charge in [-0.2, -0.15) is 0 Å². The van der Waals surface area contributed by atoms with E-state index >= 15 is 0 Å². The van der Waals surface area contributed by atoms with E-state index in [2.05, 4.69) is 40.7 Å². The molecule has 0 aliphatic carbocycles. The number of aliphatic hydroxyl groups excluding tert-OH is 1. The lowest BCUT2D eigenvalue weighted by molar-refractivity contribution is 0.0829. The van der Waals surface area contributed by atoms with E-state index in [1.165, 1.54) is 17.7 Å². The van der Waals surface area contributed by atoms with E-state index in [1.54, 1.807) is 7.11 Å². The number of carbonyl (C=O) groups excluding carboxylic acids is 1. The quantitative estimate of drug-likeness (QED) is 0.252. The van der Waals surface area contributed by atoms with Crippen molar-refractivity contribution in [2.24, 2.45) is 0 Å². The lowest BCUT2D eigenvalue weighted by Gasteiger charge is -2.26. The number of aliphatic hydroxyl groups is 1. The molecule has 42 heavy (non-hydrogen) atoms. The van der Waals surface area contributed by atoms with E-state index in [4.69, 9.17) is 4.74 Å². The second kappa shape index (κ2) is 15.3. The third-order valence-electron chi connectivity index (χ3n) is 7.88. The number of aryl methyl sites for hydroxylation is 2. The maximum absolute atomic E-state index is 14.0. The van der Waals surface area contributed by atoms with Gasteiger partial charge in [-0.25, -0.2) is 8.78 Å². The van der Waals surface area contributed by atoms with Gasteiger partial charge in [0.15, 0.2) is 0 Å². The van der Waals surface area contributed by atoms with E-state index in [1.807, 2.05) is 31.2 Å². The largest absolute Gasteiger partial charge is 0.390 e. The molecule has 8 heteroatoms. The summed E-state index contributed by atoms with van der Waals surface area (Å²) in [5.74, 6) is -1.74. The molecule has 3 aromatic rings. The molecule has 0 unspecified atom stereocenters. The number of methoxy groups -OCH3 is 1. The van der Waals surface area contributed by atoms with Crippen LogP contribution in [0.4, 0.5) is 8.78 Å². The van der Waals surface area contributed by atoms with Crippen molar-refractivity contribution in [3.63, 3.8) is 0 Å². The van der Waals surface area contributed by atoms with Crippen LogP contribution in [-0.4, -0.2) is 60.9 Å². The van der Waals surface area contributed by atoms with E-state index < -0.39 is 23.8 Å². The Morgan fingerprint density at radius 2 is 1.81 bits per heavy atom. The fourth-order valence-electron chi connectivity index (χ4n) is 5.79. The van der Waals surface area contributed by atoms with Crippen molar-refractivity contribution in [1.29, 1.82) is 0 Å². The number of carbonyl (C=O) groups is 1. The van der Waals surface area contributed by atoms with E-state index in [0.717, 1.165) is 48.6 Å². The number of nitrogens with zero attached hydrogens (tertiary/aromatic N) is 1. The molecule has 3 N–H and O–H groups in total. The molecule has 1 aliphatic heterocycles. The second-order valence-corrected chi connectivity index (χ2v) is 11.4. The van der Waals surface area contributed by atoms with Crippen molar-refractivity contribution in [2.75, 3.05) is 26.8 Å². The first-order chi connectivity index (χ1) is 20.2. The average molecular weight is 580 g/mol. The maximum atomic E-state index is 14.0. The van der Waals surface area contributed by atoms with Gasteiger partial charge in [0.05, 0.1) is 18.8 Å². The van der Waals surface area contributed by atoms with Crippen molar-refractivity contribution in [2.45, 2.75) is 70.8 Å². The monoisotopic (exact) mass is 579 g/mol. The molecule has 3 aromatic carbocycles. The minimum atomic E-state index is -1.00. The van der Waals surface area contributed by atoms with Crippen LogP contribution in [0.5, 0.6) is 0 Å². The van der Waals surface area contributed by atoms with Crippen molar-refractivity contribution in [3.8, 4) is 0 Å². The lowest BCUT2D eigenvalue weighted by Crippen LogP contribution is -2.48. The summed E-state index contributed by atoms with van der Waals surface area (Å²) in [6, 6.07) is 16.8. The zero-order valence-electron chi connectivity index (χ0n) is 24.8. The van der Waals surface area contributed by atoms with Gasteiger partial charge in [0.2, 0.25) is 0 Å². The number of halogens is 2. The Labute approximate surface area is 248 Å². The second-order valence-electron chi connectivity index (χ2n) is 11.4. The Bertz CT molecular complexity index is 1310. The molecular formula is C34H43F2N3O3. The molecule has 1 saturated heterocycles. The van der Waals surface area contributed by atoms with Crippen LogP contribution in [-0.2, 0) is 30.7 Å². The summed E-state index contributed by atoms with van der Waals surface area (Å²) in [6.45, 7) is 7.16. The molecule has 1 aliphatic rings. The highest BCUT2D eigenvalue weighted by Gasteiger charge is 2.26. The first kappa shape index (κ1) is 31.8. The van der Waals surface area contributed by atoms with Crippen molar-refractivity contribution in [3.05, 3.63) is 106 Å². The van der Waals surface area contributed by atoms with Gasteiger partial charge in [0, 0.05) is 44.4 Å². The van der Waals surface area contributed by atoms with E-state index in [0.29, 0.717) is 36.9 Å². The molecule has 0 radical (unpaired) electrons. The van der Waals surface area contributed by atoms with Crippen molar-refractivity contribution >= 4 is 5.91 Å². The molecule has 1 heterocycles. The summed E-state index contributed by atoms with van der Waals surface area (Å²) in [5, 5.41) is 17.4. The molecule has 4 rings (SSSR count). The van der Waals surface area contributed by atoms with Gasteiger partial charge < -0.3 is 20.5 Å². The Morgan fingerprint density at radius 1 is 1.05 bits per heavy atom. The standard InChI is InChI=1S/C34H43F2N3O3/c1-4-24-7-5-8-25(13-24)19-37-20-33(40)32(17-26-15-29(35)18-30(36)16-26)38-34(41)28-12-23(2)11-27(14-28)21-39-10-6-9-31(39)22-42-3/h5,7-8,11-16,18,31-33,37,40H,4,6,9-10,17,19-22H2,1-3H3,(H,38,41)/t31-,32-,33-/m0/s1. The molecule has 0 spiro atoms.